The number of amides is 2. The van der Waals surface area contributed by atoms with Gasteiger partial charge in [0.05, 0.1) is 6.10 Å². The van der Waals surface area contributed by atoms with Crippen LogP contribution in [0.2, 0.25) is 0 Å². The maximum atomic E-state index is 11.4. The molecule has 0 radical (unpaired) electrons. The van der Waals surface area contributed by atoms with E-state index < -0.39 is 24.1 Å². The molecule has 0 aromatic carbocycles. The molecule has 2 atom stereocenters. The molecule has 0 saturated heterocycles. The zero-order valence-electron chi connectivity index (χ0n) is 10.7. The lowest BCUT2D eigenvalue weighted by Crippen LogP contribution is -2.51. The summed E-state index contributed by atoms with van der Waals surface area (Å²) >= 11 is 0. The number of aliphatic hydroxyl groups excluding tert-OH is 1. The zero-order chi connectivity index (χ0) is 13.7. The van der Waals surface area contributed by atoms with Gasteiger partial charge in [-0.05, 0) is 26.8 Å². The van der Waals surface area contributed by atoms with E-state index in [1.807, 2.05) is 7.05 Å². The van der Waals surface area contributed by atoms with Crippen molar-refractivity contribution < 1.29 is 19.8 Å². The van der Waals surface area contributed by atoms with Crippen LogP contribution in [0.3, 0.4) is 0 Å². The summed E-state index contributed by atoms with van der Waals surface area (Å²) in [6, 6.07) is -1.24. The topological polar surface area (TPSA) is 102 Å². The quantitative estimate of drug-likeness (QED) is 0.480. The number of urea groups is 1. The van der Waals surface area contributed by atoms with Crippen molar-refractivity contribution in [2.24, 2.45) is 0 Å². The third-order valence-electron chi connectivity index (χ3n) is 2.96. The molecule has 0 aliphatic heterocycles. The second-order valence-corrected chi connectivity index (χ2v) is 4.67. The maximum Gasteiger partial charge on any atom is 0.328 e. The van der Waals surface area contributed by atoms with Crippen LogP contribution in [-0.2, 0) is 4.79 Å². The summed E-state index contributed by atoms with van der Waals surface area (Å²) < 4.78 is 0. The fourth-order valence-corrected chi connectivity index (χ4v) is 1.62. The highest BCUT2D eigenvalue weighted by Crippen LogP contribution is 2.24. The van der Waals surface area contributed by atoms with Crippen molar-refractivity contribution in [3.63, 3.8) is 0 Å². The minimum atomic E-state index is -1.29. The average molecular weight is 259 g/mol. The number of hydrogen-bond acceptors (Lipinski definition) is 4. The number of nitrogens with zero attached hydrogens (tertiary/aromatic N) is 1. The van der Waals surface area contributed by atoms with E-state index in [-0.39, 0.29) is 0 Å². The van der Waals surface area contributed by atoms with Crippen LogP contribution in [0, 0.1) is 0 Å². The lowest BCUT2D eigenvalue weighted by atomic mass is 10.2. The largest absolute Gasteiger partial charge is 0.480 e. The van der Waals surface area contributed by atoms with E-state index in [4.69, 9.17) is 5.11 Å². The number of carbonyl (C=O) groups is 2. The number of carbonyl (C=O) groups excluding carboxylic acids is 1. The number of aliphatic carboxylic acids is 1. The molecule has 7 heteroatoms. The molecule has 1 aliphatic rings. The number of likely N-dealkylation sites (N-methyl/N-ethyl adjacent to an activating group) is 1. The summed E-state index contributed by atoms with van der Waals surface area (Å²) in [4.78, 5) is 24.3. The maximum absolute atomic E-state index is 11.4. The Morgan fingerprint density at radius 1 is 1.44 bits per heavy atom. The van der Waals surface area contributed by atoms with Crippen molar-refractivity contribution in [3.05, 3.63) is 0 Å². The number of nitrogens with one attached hydrogen (secondary N) is 2. The minimum Gasteiger partial charge on any atom is -0.480 e. The van der Waals surface area contributed by atoms with Gasteiger partial charge < -0.3 is 25.7 Å². The normalized spacial score (nSPS) is 18.2. The zero-order valence-corrected chi connectivity index (χ0v) is 10.7. The SMILES string of the molecule is C[C@@H](O)[C@H](NC(=O)NCCN(C)C1CC1)C(=O)O. The molecule has 1 fully saturated rings. The number of hydrogen-bond donors (Lipinski definition) is 4. The van der Waals surface area contributed by atoms with Crippen molar-refractivity contribution in [1.29, 1.82) is 0 Å². The summed E-state index contributed by atoms with van der Waals surface area (Å²) in [5, 5.41) is 22.8. The highest BCUT2D eigenvalue weighted by atomic mass is 16.4. The van der Waals surface area contributed by atoms with Crippen molar-refractivity contribution in [2.75, 3.05) is 20.1 Å². The van der Waals surface area contributed by atoms with Crippen molar-refractivity contribution in [2.45, 2.75) is 38.0 Å². The predicted octanol–water partition coefficient (Wildman–Crippen LogP) is -0.786. The van der Waals surface area contributed by atoms with E-state index in [0.717, 1.165) is 6.54 Å². The molecule has 0 spiro atoms. The van der Waals surface area contributed by atoms with Gasteiger partial charge in [-0.25, -0.2) is 9.59 Å². The number of aliphatic hydroxyl groups is 1. The monoisotopic (exact) mass is 259 g/mol. The van der Waals surface area contributed by atoms with Gasteiger partial charge in [0.15, 0.2) is 6.04 Å². The van der Waals surface area contributed by atoms with Crippen molar-refractivity contribution in [1.82, 2.24) is 15.5 Å². The van der Waals surface area contributed by atoms with E-state index in [2.05, 4.69) is 15.5 Å². The Labute approximate surface area is 106 Å². The second-order valence-electron chi connectivity index (χ2n) is 4.67. The Balaban J connectivity index is 2.20. The number of carboxylic acid groups (broad SMARTS) is 1. The molecule has 7 nitrogen and oxygen atoms in total. The Bertz CT molecular complexity index is 305. The number of rotatable bonds is 7. The fraction of sp³-hybridized carbons (Fsp3) is 0.818. The summed E-state index contributed by atoms with van der Waals surface area (Å²) in [5.41, 5.74) is 0. The van der Waals surface area contributed by atoms with Gasteiger partial charge in [-0.2, -0.15) is 0 Å². The molecule has 1 saturated carbocycles. The summed E-state index contributed by atoms with van der Waals surface area (Å²) in [7, 11) is 1.99. The molecule has 0 heterocycles. The average Bonchev–Trinajstić information content (AvgIpc) is 3.08. The van der Waals surface area contributed by atoms with Gasteiger partial charge in [-0.1, -0.05) is 0 Å². The Hall–Kier alpha value is -1.34. The van der Waals surface area contributed by atoms with Crippen LogP contribution in [-0.4, -0.2) is 65.4 Å². The van der Waals surface area contributed by atoms with Gasteiger partial charge in [-0.15, -0.1) is 0 Å². The van der Waals surface area contributed by atoms with Gasteiger partial charge in [0.25, 0.3) is 0 Å². The van der Waals surface area contributed by atoms with Crippen LogP contribution >= 0.6 is 0 Å². The second kappa shape index (κ2) is 6.55. The molecule has 4 N–H and O–H groups in total. The minimum absolute atomic E-state index is 0.449. The standard InChI is InChI=1S/C11H21N3O4/c1-7(15)9(10(16)17)13-11(18)12-5-6-14(2)8-3-4-8/h7-9,15H,3-6H2,1-2H3,(H,16,17)(H2,12,13,18)/t7-,9+/m1/s1. The summed E-state index contributed by atoms with van der Waals surface area (Å²) in [6.07, 6.45) is 1.26. The Kier molecular flexibility index (Phi) is 5.36. The molecule has 0 aromatic rings. The molecule has 0 unspecified atom stereocenters. The summed E-state index contributed by atoms with van der Waals surface area (Å²) in [6.45, 7) is 2.50. The Morgan fingerprint density at radius 2 is 2.06 bits per heavy atom. The highest BCUT2D eigenvalue weighted by molar-refractivity contribution is 5.82. The van der Waals surface area contributed by atoms with Crippen LogP contribution in [0.4, 0.5) is 4.79 Å². The molecular formula is C11H21N3O4. The van der Waals surface area contributed by atoms with Gasteiger partial charge in [0.1, 0.15) is 0 Å². The van der Waals surface area contributed by atoms with Gasteiger partial charge in [0.2, 0.25) is 0 Å². The fourth-order valence-electron chi connectivity index (χ4n) is 1.62. The lowest BCUT2D eigenvalue weighted by Gasteiger charge is -2.19. The molecule has 0 aromatic heterocycles. The van der Waals surface area contributed by atoms with Crippen LogP contribution in [0.1, 0.15) is 19.8 Å². The third kappa shape index (κ3) is 4.89. The van der Waals surface area contributed by atoms with Gasteiger partial charge in [0, 0.05) is 19.1 Å². The van der Waals surface area contributed by atoms with E-state index in [9.17, 15) is 14.7 Å². The van der Waals surface area contributed by atoms with Crippen LogP contribution < -0.4 is 10.6 Å². The first-order chi connectivity index (χ1) is 8.41. The van der Waals surface area contributed by atoms with Crippen molar-refractivity contribution in [3.8, 4) is 0 Å². The van der Waals surface area contributed by atoms with Gasteiger partial charge in [-0.3, -0.25) is 0 Å². The molecular weight excluding hydrogens is 238 g/mol. The highest BCUT2D eigenvalue weighted by Gasteiger charge is 2.26. The van der Waals surface area contributed by atoms with Crippen LogP contribution in [0.5, 0.6) is 0 Å². The molecule has 104 valence electrons. The summed E-state index contributed by atoms with van der Waals surface area (Å²) in [5.74, 6) is -1.25. The van der Waals surface area contributed by atoms with E-state index in [1.54, 1.807) is 0 Å². The first kappa shape index (κ1) is 14.7. The molecule has 2 amide bonds. The van der Waals surface area contributed by atoms with Crippen LogP contribution in [0.25, 0.3) is 0 Å². The first-order valence-corrected chi connectivity index (χ1v) is 6.07. The Morgan fingerprint density at radius 3 is 2.50 bits per heavy atom. The smallest absolute Gasteiger partial charge is 0.328 e. The molecule has 0 bridgehead atoms. The van der Waals surface area contributed by atoms with Gasteiger partial charge >= 0.3 is 12.0 Å². The molecule has 1 rings (SSSR count). The number of carboxylic acids is 1. The van der Waals surface area contributed by atoms with Crippen LogP contribution in [0.15, 0.2) is 0 Å². The molecule has 18 heavy (non-hydrogen) atoms. The predicted molar refractivity (Wildman–Crippen MR) is 65.3 cm³/mol. The molecule has 1 aliphatic carbocycles. The van der Waals surface area contributed by atoms with E-state index >= 15 is 0 Å². The third-order valence-corrected chi connectivity index (χ3v) is 2.96. The van der Waals surface area contributed by atoms with E-state index in [1.165, 1.54) is 19.8 Å². The van der Waals surface area contributed by atoms with Crippen molar-refractivity contribution >= 4 is 12.0 Å². The lowest BCUT2D eigenvalue weighted by molar-refractivity contribution is -0.141. The first-order valence-electron chi connectivity index (χ1n) is 6.07. The van der Waals surface area contributed by atoms with E-state index in [0.29, 0.717) is 12.6 Å².